The second kappa shape index (κ2) is 11.4. The van der Waals surface area contributed by atoms with Crippen LogP contribution in [0.15, 0.2) is 99.9 Å². The number of carboxylic acid groups (broad SMARTS) is 1. The zero-order valence-corrected chi connectivity index (χ0v) is 22.3. The molecular formula is C28H21Br2NO5. The van der Waals surface area contributed by atoms with Crippen LogP contribution >= 0.6 is 31.9 Å². The molecule has 0 saturated heterocycles. The Morgan fingerprint density at radius 1 is 0.861 bits per heavy atom. The molecule has 8 heteroatoms. The van der Waals surface area contributed by atoms with Gasteiger partial charge in [0, 0.05) is 16.8 Å². The Morgan fingerprint density at radius 3 is 2.06 bits per heavy atom. The Morgan fingerprint density at radius 2 is 1.47 bits per heavy atom. The summed E-state index contributed by atoms with van der Waals surface area (Å²) in [5, 5.41) is 9.44. The third-order valence-electron chi connectivity index (χ3n) is 5.33. The lowest BCUT2D eigenvalue weighted by atomic mass is 10.0. The first-order valence-electron chi connectivity index (χ1n) is 10.9. The van der Waals surface area contributed by atoms with Gasteiger partial charge in [-0.3, -0.25) is 14.5 Å². The SMILES string of the molecule is COc1ccc(Oc2c(Br)cc(N(CC(=O)O)C(=O)c3ccccc3)cc2Br)cc1-c1ccccc1. The number of carbonyl (C=O) groups is 2. The highest BCUT2D eigenvalue weighted by Gasteiger charge is 2.23. The summed E-state index contributed by atoms with van der Waals surface area (Å²) in [7, 11) is 1.62. The van der Waals surface area contributed by atoms with E-state index in [1.165, 1.54) is 4.90 Å². The van der Waals surface area contributed by atoms with Crippen LogP contribution in [0.1, 0.15) is 10.4 Å². The number of anilines is 1. The van der Waals surface area contributed by atoms with E-state index in [4.69, 9.17) is 9.47 Å². The first kappa shape index (κ1) is 25.5. The lowest BCUT2D eigenvalue weighted by Gasteiger charge is -2.23. The van der Waals surface area contributed by atoms with E-state index in [1.807, 2.05) is 42.5 Å². The number of carboxylic acids is 1. The number of amides is 1. The molecule has 0 atom stereocenters. The molecule has 0 spiro atoms. The molecule has 0 aliphatic rings. The summed E-state index contributed by atoms with van der Waals surface area (Å²) in [4.78, 5) is 25.9. The molecule has 0 saturated carbocycles. The van der Waals surface area contributed by atoms with E-state index in [2.05, 4.69) is 31.9 Å². The van der Waals surface area contributed by atoms with Crippen LogP contribution in [0.3, 0.4) is 0 Å². The predicted molar refractivity (Wildman–Crippen MR) is 146 cm³/mol. The maximum atomic E-state index is 13.1. The predicted octanol–water partition coefficient (Wildman–Crippen LogP) is 7.41. The van der Waals surface area contributed by atoms with Gasteiger partial charge in [-0.2, -0.15) is 0 Å². The highest BCUT2D eigenvalue weighted by molar-refractivity contribution is 9.11. The minimum atomic E-state index is -1.13. The molecule has 0 radical (unpaired) electrons. The van der Waals surface area contributed by atoms with Crippen LogP contribution in [0, 0.1) is 0 Å². The van der Waals surface area contributed by atoms with E-state index in [9.17, 15) is 14.7 Å². The molecule has 4 aromatic carbocycles. The fraction of sp³-hybridized carbons (Fsp3) is 0.0714. The van der Waals surface area contributed by atoms with Crippen molar-refractivity contribution in [1.82, 2.24) is 0 Å². The highest BCUT2D eigenvalue weighted by atomic mass is 79.9. The lowest BCUT2D eigenvalue weighted by Crippen LogP contribution is -2.35. The van der Waals surface area contributed by atoms with Gasteiger partial charge in [0.15, 0.2) is 5.75 Å². The zero-order valence-electron chi connectivity index (χ0n) is 19.2. The minimum absolute atomic E-state index is 0.387. The molecule has 0 aliphatic carbocycles. The topological polar surface area (TPSA) is 76.1 Å². The molecule has 1 amide bonds. The van der Waals surface area contributed by atoms with Gasteiger partial charge < -0.3 is 14.6 Å². The standard InChI is InChI=1S/C28H21Br2NO5/c1-35-25-13-12-21(16-22(25)18-8-4-2-5-9-18)36-27-23(29)14-20(15-24(27)30)31(17-26(32)33)28(34)19-10-6-3-7-11-19/h2-16H,17H2,1H3,(H,32,33). The Labute approximate surface area is 225 Å². The van der Waals surface area contributed by atoms with E-state index in [0.29, 0.717) is 37.4 Å². The van der Waals surface area contributed by atoms with Crippen LogP contribution in [0.4, 0.5) is 5.69 Å². The number of aliphatic carboxylic acids is 1. The van der Waals surface area contributed by atoms with Crippen molar-refractivity contribution in [2.24, 2.45) is 0 Å². The van der Waals surface area contributed by atoms with Crippen LogP contribution in [-0.4, -0.2) is 30.6 Å². The molecule has 1 N–H and O–H groups in total. The average molecular weight is 611 g/mol. The Bertz CT molecular complexity index is 1370. The van der Waals surface area contributed by atoms with Crippen molar-refractivity contribution in [2.75, 3.05) is 18.6 Å². The fourth-order valence-electron chi connectivity index (χ4n) is 3.66. The van der Waals surface area contributed by atoms with E-state index >= 15 is 0 Å². The fourth-order valence-corrected chi connectivity index (χ4v) is 4.99. The quantitative estimate of drug-likeness (QED) is 0.225. The van der Waals surface area contributed by atoms with E-state index in [-0.39, 0.29) is 0 Å². The van der Waals surface area contributed by atoms with E-state index < -0.39 is 18.4 Å². The number of ether oxygens (including phenoxy) is 2. The van der Waals surface area contributed by atoms with Crippen molar-refractivity contribution in [1.29, 1.82) is 0 Å². The van der Waals surface area contributed by atoms with Gasteiger partial charge in [0.1, 0.15) is 18.0 Å². The molecule has 0 heterocycles. The summed E-state index contributed by atoms with van der Waals surface area (Å²) in [5.41, 5.74) is 2.65. The van der Waals surface area contributed by atoms with Gasteiger partial charge in [-0.25, -0.2) is 0 Å². The number of methoxy groups -OCH3 is 1. The van der Waals surface area contributed by atoms with Crippen LogP contribution in [0.25, 0.3) is 11.1 Å². The second-order valence-electron chi connectivity index (χ2n) is 7.72. The van der Waals surface area contributed by atoms with Crippen LogP contribution < -0.4 is 14.4 Å². The van der Waals surface area contributed by atoms with Crippen molar-refractivity contribution in [2.45, 2.75) is 0 Å². The Hall–Kier alpha value is -3.62. The summed E-state index contributed by atoms with van der Waals surface area (Å²) in [6.45, 7) is -0.494. The average Bonchev–Trinajstić information content (AvgIpc) is 2.89. The number of carbonyl (C=O) groups excluding carboxylic acids is 1. The molecule has 182 valence electrons. The first-order valence-corrected chi connectivity index (χ1v) is 12.4. The normalized spacial score (nSPS) is 10.5. The summed E-state index contributed by atoms with van der Waals surface area (Å²) in [5.74, 6) is 0.217. The first-order chi connectivity index (χ1) is 17.4. The third-order valence-corrected chi connectivity index (χ3v) is 6.51. The number of hydrogen-bond donors (Lipinski definition) is 1. The van der Waals surface area contributed by atoms with Gasteiger partial charge in [-0.05, 0) is 79.9 Å². The van der Waals surface area contributed by atoms with Crippen LogP contribution in [0.5, 0.6) is 17.2 Å². The van der Waals surface area contributed by atoms with Crippen molar-refractivity contribution in [3.8, 4) is 28.4 Å². The summed E-state index contributed by atoms with van der Waals surface area (Å²) >= 11 is 7.04. The van der Waals surface area contributed by atoms with Gasteiger partial charge in [0.05, 0.1) is 16.1 Å². The maximum Gasteiger partial charge on any atom is 0.323 e. The molecule has 0 aliphatic heterocycles. The van der Waals surface area contributed by atoms with Crippen molar-refractivity contribution >= 4 is 49.4 Å². The van der Waals surface area contributed by atoms with Crippen molar-refractivity contribution < 1.29 is 24.2 Å². The molecule has 0 unspecified atom stereocenters. The summed E-state index contributed by atoms with van der Waals surface area (Å²) in [6.07, 6.45) is 0. The number of rotatable bonds is 8. The molecule has 36 heavy (non-hydrogen) atoms. The lowest BCUT2D eigenvalue weighted by molar-refractivity contribution is -0.135. The van der Waals surface area contributed by atoms with Crippen LogP contribution in [-0.2, 0) is 4.79 Å². The smallest absolute Gasteiger partial charge is 0.323 e. The monoisotopic (exact) mass is 609 g/mol. The minimum Gasteiger partial charge on any atom is -0.496 e. The molecule has 0 fully saturated rings. The largest absolute Gasteiger partial charge is 0.496 e. The highest BCUT2D eigenvalue weighted by Crippen LogP contribution is 2.42. The molecule has 0 aromatic heterocycles. The number of nitrogens with zero attached hydrogens (tertiary/aromatic N) is 1. The van der Waals surface area contributed by atoms with E-state index in [0.717, 1.165) is 11.1 Å². The number of benzene rings is 4. The Balaban J connectivity index is 1.68. The van der Waals surface area contributed by atoms with Gasteiger partial charge in [0.25, 0.3) is 5.91 Å². The number of hydrogen-bond acceptors (Lipinski definition) is 4. The summed E-state index contributed by atoms with van der Waals surface area (Å²) in [6, 6.07) is 27.2. The van der Waals surface area contributed by atoms with Crippen molar-refractivity contribution in [3.63, 3.8) is 0 Å². The Kier molecular flexibility index (Phi) is 8.07. The van der Waals surface area contributed by atoms with E-state index in [1.54, 1.807) is 55.6 Å². The van der Waals surface area contributed by atoms with Crippen molar-refractivity contribution in [3.05, 3.63) is 106 Å². The molecule has 0 bridgehead atoms. The molecule has 4 aromatic rings. The van der Waals surface area contributed by atoms with Gasteiger partial charge >= 0.3 is 5.97 Å². The summed E-state index contributed by atoms with van der Waals surface area (Å²) < 4.78 is 12.8. The maximum absolute atomic E-state index is 13.1. The van der Waals surface area contributed by atoms with Gasteiger partial charge in [0.2, 0.25) is 0 Å². The zero-order chi connectivity index (χ0) is 25.7. The number of halogens is 2. The second-order valence-corrected chi connectivity index (χ2v) is 9.43. The van der Waals surface area contributed by atoms with Gasteiger partial charge in [-0.1, -0.05) is 48.5 Å². The molecular weight excluding hydrogens is 590 g/mol. The van der Waals surface area contributed by atoms with Crippen LogP contribution in [0.2, 0.25) is 0 Å². The molecule has 4 rings (SSSR count). The van der Waals surface area contributed by atoms with Gasteiger partial charge in [-0.15, -0.1) is 0 Å². The molecule has 6 nitrogen and oxygen atoms in total. The third kappa shape index (κ3) is 5.78.